The Morgan fingerprint density at radius 3 is 2.69 bits per heavy atom. The van der Waals surface area contributed by atoms with Crippen LogP contribution in [0.5, 0.6) is 0 Å². The summed E-state index contributed by atoms with van der Waals surface area (Å²) >= 11 is 0. The minimum atomic E-state index is -0.350. The zero-order chi connectivity index (χ0) is 9.84. The molecule has 1 nitrogen and oxygen atoms in total. The summed E-state index contributed by atoms with van der Waals surface area (Å²) < 4.78 is 13.5. The smallest absolute Gasteiger partial charge is 0.153 e. The van der Waals surface area contributed by atoms with E-state index in [1.54, 1.807) is 19.1 Å². The molecular formula is C11H13FO. The van der Waals surface area contributed by atoms with Crippen LogP contribution < -0.4 is 0 Å². The lowest BCUT2D eigenvalue weighted by molar-refractivity contribution is 0.111. The van der Waals surface area contributed by atoms with Gasteiger partial charge in [0.2, 0.25) is 0 Å². The number of carbonyl (C=O) groups is 1. The van der Waals surface area contributed by atoms with E-state index in [4.69, 9.17) is 0 Å². The van der Waals surface area contributed by atoms with Gasteiger partial charge in [-0.15, -0.1) is 0 Å². The van der Waals surface area contributed by atoms with E-state index < -0.39 is 0 Å². The molecule has 1 rings (SSSR count). The second-order valence-corrected chi connectivity index (χ2v) is 3.14. The van der Waals surface area contributed by atoms with E-state index >= 15 is 0 Å². The van der Waals surface area contributed by atoms with Crippen LogP contribution in [-0.2, 0) is 6.42 Å². The molecule has 2 heteroatoms. The highest BCUT2D eigenvalue weighted by atomic mass is 19.1. The molecule has 1 aromatic rings. The Bertz CT molecular complexity index is 318. The topological polar surface area (TPSA) is 17.1 Å². The summed E-state index contributed by atoms with van der Waals surface area (Å²) in [6.07, 6.45) is 2.16. The molecule has 0 bridgehead atoms. The molecule has 0 aliphatic carbocycles. The minimum absolute atomic E-state index is 0.200. The Morgan fingerprint density at radius 2 is 2.15 bits per heavy atom. The third kappa shape index (κ3) is 1.94. The van der Waals surface area contributed by atoms with Gasteiger partial charge in [0.25, 0.3) is 0 Å². The number of aryl methyl sites for hydroxylation is 2. The van der Waals surface area contributed by atoms with E-state index in [-0.39, 0.29) is 11.4 Å². The molecule has 0 fully saturated rings. The largest absolute Gasteiger partial charge is 0.298 e. The monoisotopic (exact) mass is 180 g/mol. The van der Waals surface area contributed by atoms with Crippen LogP contribution in [0.15, 0.2) is 12.1 Å². The second kappa shape index (κ2) is 4.17. The fourth-order valence-corrected chi connectivity index (χ4v) is 1.34. The van der Waals surface area contributed by atoms with Crippen molar-refractivity contribution in [3.63, 3.8) is 0 Å². The molecule has 0 aromatic heterocycles. The van der Waals surface area contributed by atoms with Crippen molar-refractivity contribution in [1.82, 2.24) is 0 Å². The highest BCUT2D eigenvalue weighted by Gasteiger charge is 2.08. The summed E-state index contributed by atoms with van der Waals surface area (Å²) in [6, 6.07) is 3.54. The highest BCUT2D eigenvalue weighted by molar-refractivity contribution is 5.78. The van der Waals surface area contributed by atoms with E-state index in [2.05, 4.69) is 0 Å². The van der Waals surface area contributed by atoms with Crippen LogP contribution in [0.25, 0.3) is 0 Å². The first kappa shape index (κ1) is 9.90. The standard InChI is InChI=1S/C11H13FO/c1-3-4-9-6-5-8(2)10(7-13)11(9)12/h5-7H,3-4H2,1-2H3. The number of halogens is 1. The predicted molar refractivity (Wildman–Crippen MR) is 50.5 cm³/mol. The fourth-order valence-electron chi connectivity index (χ4n) is 1.34. The maximum Gasteiger partial charge on any atom is 0.153 e. The molecule has 0 N–H and O–H groups in total. The van der Waals surface area contributed by atoms with E-state index in [0.29, 0.717) is 23.8 Å². The van der Waals surface area contributed by atoms with Crippen LogP contribution in [0.1, 0.15) is 34.8 Å². The van der Waals surface area contributed by atoms with Crippen molar-refractivity contribution < 1.29 is 9.18 Å². The van der Waals surface area contributed by atoms with Gasteiger partial charge < -0.3 is 0 Å². The van der Waals surface area contributed by atoms with Gasteiger partial charge in [-0.2, -0.15) is 0 Å². The molecule has 0 spiro atoms. The lowest BCUT2D eigenvalue weighted by Gasteiger charge is -2.05. The molecule has 0 saturated carbocycles. The van der Waals surface area contributed by atoms with Crippen molar-refractivity contribution in [3.8, 4) is 0 Å². The summed E-state index contributed by atoms with van der Waals surface area (Å²) in [5.74, 6) is -0.350. The number of hydrogen-bond donors (Lipinski definition) is 0. The fraction of sp³-hybridized carbons (Fsp3) is 0.364. The third-order valence-electron chi connectivity index (χ3n) is 2.11. The first-order valence-corrected chi connectivity index (χ1v) is 4.43. The number of carbonyl (C=O) groups excluding carboxylic acids is 1. The third-order valence-corrected chi connectivity index (χ3v) is 2.11. The molecule has 0 radical (unpaired) electrons. The lowest BCUT2D eigenvalue weighted by Crippen LogP contribution is -1.98. The lowest BCUT2D eigenvalue weighted by atomic mass is 10.0. The van der Waals surface area contributed by atoms with Crippen molar-refractivity contribution >= 4 is 6.29 Å². The maximum absolute atomic E-state index is 13.5. The van der Waals surface area contributed by atoms with Gasteiger partial charge in [-0.05, 0) is 24.5 Å². The zero-order valence-corrected chi connectivity index (χ0v) is 7.93. The molecule has 0 unspecified atom stereocenters. The Balaban J connectivity index is 3.19. The van der Waals surface area contributed by atoms with Gasteiger partial charge in [0.05, 0.1) is 5.56 Å². The maximum atomic E-state index is 13.5. The Labute approximate surface area is 77.6 Å². The van der Waals surface area contributed by atoms with Crippen LogP contribution in [0.2, 0.25) is 0 Å². The highest BCUT2D eigenvalue weighted by Crippen LogP contribution is 2.16. The molecule has 13 heavy (non-hydrogen) atoms. The van der Waals surface area contributed by atoms with Crippen molar-refractivity contribution in [1.29, 1.82) is 0 Å². The van der Waals surface area contributed by atoms with Gasteiger partial charge in [-0.3, -0.25) is 4.79 Å². The van der Waals surface area contributed by atoms with Crippen LogP contribution in [0.3, 0.4) is 0 Å². The average molecular weight is 180 g/mol. The van der Waals surface area contributed by atoms with Crippen LogP contribution >= 0.6 is 0 Å². The number of hydrogen-bond acceptors (Lipinski definition) is 1. The summed E-state index contributed by atoms with van der Waals surface area (Å²) in [4.78, 5) is 10.6. The summed E-state index contributed by atoms with van der Waals surface area (Å²) in [6.45, 7) is 3.72. The first-order chi connectivity index (χ1) is 6.20. The van der Waals surface area contributed by atoms with E-state index in [1.165, 1.54) is 0 Å². The van der Waals surface area contributed by atoms with Gasteiger partial charge >= 0.3 is 0 Å². The molecule has 0 amide bonds. The normalized spacial score (nSPS) is 10.1. The Morgan fingerprint density at radius 1 is 1.46 bits per heavy atom. The van der Waals surface area contributed by atoms with E-state index in [9.17, 15) is 9.18 Å². The number of benzene rings is 1. The minimum Gasteiger partial charge on any atom is -0.298 e. The van der Waals surface area contributed by atoms with Crippen molar-refractivity contribution in [2.24, 2.45) is 0 Å². The summed E-state index contributed by atoms with van der Waals surface area (Å²) in [5.41, 5.74) is 1.54. The van der Waals surface area contributed by atoms with Crippen LogP contribution in [0, 0.1) is 12.7 Å². The van der Waals surface area contributed by atoms with Gasteiger partial charge in [0, 0.05) is 0 Å². The van der Waals surface area contributed by atoms with Gasteiger partial charge in [-0.1, -0.05) is 25.5 Å². The quantitative estimate of drug-likeness (QED) is 0.653. The number of rotatable bonds is 3. The second-order valence-electron chi connectivity index (χ2n) is 3.14. The number of aldehydes is 1. The summed E-state index contributed by atoms with van der Waals surface area (Å²) in [7, 11) is 0. The molecule has 0 saturated heterocycles. The van der Waals surface area contributed by atoms with Crippen molar-refractivity contribution in [2.45, 2.75) is 26.7 Å². The van der Waals surface area contributed by atoms with Crippen LogP contribution in [-0.4, -0.2) is 6.29 Å². The van der Waals surface area contributed by atoms with E-state index in [0.717, 1.165) is 6.42 Å². The van der Waals surface area contributed by atoms with E-state index in [1.807, 2.05) is 6.92 Å². The molecular weight excluding hydrogens is 167 g/mol. The first-order valence-electron chi connectivity index (χ1n) is 4.43. The zero-order valence-electron chi connectivity index (χ0n) is 7.93. The van der Waals surface area contributed by atoms with Crippen LogP contribution in [0.4, 0.5) is 4.39 Å². The average Bonchev–Trinajstić information content (AvgIpc) is 2.11. The molecule has 0 aliphatic heterocycles. The van der Waals surface area contributed by atoms with Crippen molar-refractivity contribution in [2.75, 3.05) is 0 Å². The Kier molecular flexibility index (Phi) is 3.18. The molecule has 70 valence electrons. The Hall–Kier alpha value is -1.18. The molecule has 0 heterocycles. The van der Waals surface area contributed by atoms with Crippen molar-refractivity contribution in [3.05, 3.63) is 34.6 Å². The molecule has 0 atom stereocenters. The SMILES string of the molecule is CCCc1ccc(C)c(C=O)c1F. The van der Waals surface area contributed by atoms with Gasteiger partial charge in [0.15, 0.2) is 6.29 Å². The van der Waals surface area contributed by atoms with Gasteiger partial charge in [0.1, 0.15) is 5.82 Å². The molecule has 1 aromatic carbocycles. The molecule has 0 aliphatic rings. The summed E-state index contributed by atoms with van der Waals surface area (Å²) in [5, 5.41) is 0. The van der Waals surface area contributed by atoms with Gasteiger partial charge in [-0.25, -0.2) is 4.39 Å². The predicted octanol–water partition coefficient (Wildman–Crippen LogP) is 2.90.